The van der Waals surface area contributed by atoms with Crippen molar-refractivity contribution in [2.45, 2.75) is 127 Å². The molecule has 0 aliphatic carbocycles. The van der Waals surface area contributed by atoms with Crippen molar-refractivity contribution < 1.29 is 81.3 Å². The Morgan fingerprint density at radius 1 is 0.883 bits per heavy atom. The number of aromatic amines is 1. The summed E-state index contributed by atoms with van der Waals surface area (Å²) in [5.74, 6) is -2.54. The van der Waals surface area contributed by atoms with Crippen LogP contribution in [-0.2, 0) is 79.6 Å². The van der Waals surface area contributed by atoms with Gasteiger partial charge in [-0.05, 0) is 62.9 Å². The molecule has 2 saturated heterocycles. The number of carbonyl (C=O) groups excluding carboxylic acids is 7. The fourth-order valence-corrected chi connectivity index (χ4v) is 12.0. The highest BCUT2D eigenvalue weighted by atomic mass is 35.5. The quantitative estimate of drug-likeness (QED) is 0.0297. The molecule has 510 valence electrons. The number of esters is 1. The van der Waals surface area contributed by atoms with Gasteiger partial charge < -0.3 is 72.7 Å². The number of benzene rings is 3. The van der Waals surface area contributed by atoms with E-state index in [0.29, 0.717) is 64.0 Å². The van der Waals surface area contributed by atoms with Crippen LogP contribution in [0.3, 0.4) is 0 Å². The average molecular weight is 1330 g/mol. The number of carbonyl (C=O) groups is 7. The van der Waals surface area contributed by atoms with Gasteiger partial charge in [0.15, 0.2) is 5.72 Å². The Balaban J connectivity index is 0.696. The van der Waals surface area contributed by atoms with E-state index in [1.807, 2.05) is 61.5 Å². The van der Waals surface area contributed by atoms with Gasteiger partial charge in [0.05, 0.1) is 96.1 Å². The fourth-order valence-electron chi connectivity index (χ4n) is 11.7. The number of H-pyrrole nitrogens is 1. The van der Waals surface area contributed by atoms with Gasteiger partial charge in [0.2, 0.25) is 29.5 Å². The first-order chi connectivity index (χ1) is 45.1. The number of nitrogens with zero attached hydrogens (tertiary/aromatic N) is 6. The third-order valence-corrected chi connectivity index (χ3v) is 17.8. The van der Waals surface area contributed by atoms with Gasteiger partial charge in [-0.25, -0.2) is 9.59 Å². The number of alkyl carbamates (subject to hydrolysis) is 1. The van der Waals surface area contributed by atoms with E-state index in [9.17, 15) is 38.7 Å². The number of aromatic nitrogens is 3. The Labute approximate surface area is 552 Å². The SMILES string of the molecule is COc1cc2cc(c1Cl)N(C)C(=O)C[C@@H](OC(=O)[C@@H](C)N(C)C(=O)CCCC(=O)N(C)CCOCCOCCOCCOCCC(=O)NCCC(=O)N1Cc3ccccc3-c3nn[nH]c3-c3ccccc31)[C@@]1(C)O[C@@H]1[C@@H](C)[C@H]1C[C@](O)(NC(=O)O1)[C@@H](OC)/C=C/C=C(/C)C2. The van der Waals surface area contributed by atoms with E-state index in [2.05, 4.69) is 26.0 Å². The van der Waals surface area contributed by atoms with Crippen LogP contribution >= 0.6 is 11.6 Å². The molecule has 4 aliphatic rings. The molecule has 5 heterocycles. The van der Waals surface area contributed by atoms with E-state index < -0.39 is 71.6 Å². The number of epoxide rings is 1. The molecule has 4 bridgehead atoms. The van der Waals surface area contributed by atoms with Crippen molar-refractivity contribution in [3.8, 4) is 28.3 Å². The first-order valence-electron chi connectivity index (χ1n) is 31.6. The summed E-state index contributed by atoms with van der Waals surface area (Å²) >= 11 is 6.83. The van der Waals surface area contributed by atoms with Gasteiger partial charge in [-0.3, -0.25) is 34.4 Å². The topological polar surface area (TPSA) is 305 Å². The highest BCUT2D eigenvalue weighted by Gasteiger charge is 2.64. The molecule has 4 aliphatic heterocycles. The standard InChI is InChI=1S/C67H88ClN9O17/c1-42-16-14-21-53(87-9)67(85)40-52(92-65(84)70-67)43(2)63-66(4,94-63)54(39-59(82)76(7)50-37-45(36-42)38-51(86-8)60(50)68)93-64(83)44(3)75(6)57(80)23-15-22-56(79)74(5)27-29-89-31-33-91-35-34-90-32-30-88-28-25-55(78)69-26-24-58(81)77-41-46-17-10-11-18-47(46)61-62(72-73-71-61)48-19-12-13-20-49(48)77/h10-14,16-21,37-38,43-44,52-54,63,85H,15,22-36,39-41H2,1-9H3,(H,69,78)(H,70,84)(H,71,72,73)/b21-14+,42-16-/t43-,44+,52+,53-,54+,63+,66+,67+/m0/s1. The molecule has 2 fully saturated rings. The second-order valence-electron chi connectivity index (χ2n) is 24.1. The van der Waals surface area contributed by atoms with Crippen molar-refractivity contribution in [2.24, 2.45) is 5.92 Å². The van der Waals surface area contributed by atoms with Crippen LogP contribution in [0.25, 0.3) is 22.5 Å². The summed E-state index contributed by atoms with van der Waals surface area (Å²) in [6, 6.07) is 17.8. The summed E-state index contributed by atoms with van der Waals surface area (Å²) in [7, 11) is 7.54. The first kappa shape index (κ1) is 72.0. The van der Waals surface area contributed by atoms with Crippen molar-refractivity contribution in [3.05, 3.63) is 101 Å². The van der Waals surface area contributed by atoms with Crippen LogP contribution in [0.2, 0.25) is 5.02 Å². The number of amides is 6. The van der Waals surface area contributed by atoms with Crippen molar-refractivity contribution in [1.82, 2.24) is 35.8 Å². The Morgan fingerprint density at radius 3 is 2.27 bits per heavy atom. The van der Waals surface area contributed by atoms with Gasteiger partial charge in [-0.1, -0.05) is 90.0 Å². The predicted molar refractivity (Wildman–Crippen MR) is 346 cm³/mol. The van der Waals surface area contributed by atoms with Crippen LogP contribution in [0.4, 0.5) is 16.2 Å². The van der Waals surface area contributed by atoms with Crippen molar-refractivity contribution >= 4 is 64.6 Å². The molecule has 26 nitrogen and oxygen atoms in total. The van der Waals surface area contributed by atoms with Crippen LogP contribution in [0, 0.1) is 5.92 Å². The van der Waals surface area contributed by atoms with Gasteiger partial charge in [-0.2, -0.15) is 0 Å². The van der Waals surface area contributed by atoms with Gasteiger partial charge in [-0.15, -0.1) is 5.10 Å². The Morgan fingerprint density at radius 2 is 1.55 bits per heavy atom. The third kappa shape index (κ3) is 18.3. The summed E-state index contributed by atoms with van der Waals surface area (Å²) in [4.78, 5) is 100. The van der Waals surface area contributed by atoms with E-state index in [4.69, 9.17) is 54.2 Å². The number of hydrogen-bond acceptors (Lipinski definition) is 19. The lowest BCUT2D eigenvalue weighted by molar-refractivity contribution is -0.162. The number of rotatable bonds is 27. The Kier molecular flexibility index (Phi) is 25.7. The minimum atomic E-state index is -1.88. The van der Waals surface area contributed by atoms with Crippen LogP contribution in [-0.4, -0.2) is 215 Å². The molecular formula is C67H88ClN9O17. The summed E-state index contributed by atoms with van der Waals surface area (Å²) in [6.45, 7) is 9.97. The average Bonchev–Trinajstić information content (AvgIpc) is 1.56. The molecule has 94 heavy (non-hydrogen) atoms. The number of halogens is 1. The molecular weight excluding hydrogens is 1240 g/mol. The van der Waals surface area contributed by atoms with Crippen LogP contribution in [0.5, 0.6) is 5.75 Å². The number of para-hydroxylation sites is 1. The first-order valence-corrected chi connectivity index (χ1v) is 32.0. The second kappa shape index (κ2) is 33.5. The molecule has 6 amide bonds. The molecule has 0 radical (unpaired) electrons. The molecule has 0 spiro atoms. The summed E-state index contributed by atoms with van der Waals surface area (Å²) in [5, 5.41) is 28.8. The van der Waals surface area contributed by atoms with E-state index in [1.54, 1.807) is 57.1 Å². The lowest BCUT2D eigenvalue weighted by atomic mass is 9.83. The molecule has 8 rings (SSSR count). The zero-order valence-corrected chi connectivity index (χ0v) is 55.7. The number of anilines is 2. The number of aliphatic hydroxyl groups is 1. The van der Waals surface area contributed by atoms with E-state index in [1.165, 1.54) is 42.9 Å². The molecule has 0 saturated carbocycles. The normalized spacial score (nSPS) is 23.0. The van der Waals surface area contributed by atoms with Crippen LogP contribution < -0.4 is 25.2 Å². The second-order valence-corrected chi connectivity index (χ2v) is 24.4. The van der Waals surface area contributed by atoms with Gasteiger partial charge in [0, 0.05) is 90.5 Å². The minimum Gasteiger partial charge on any atom is -0.495 e. The largest absolute Gasteiger partial charge is 0.495 e. The molecule has 8 atom stereocenters. The maximum atomic E-state index is 14.4. The summed E-state index contributed by atoms with van der Waals surface area (Å²) < 4.78 is 51.9. The number of allylic oxidation sites excluding steroid dienone is 3. The highest BCUT2D eigenvalue weighted by Crippen LogP contribution is 2.49. The summed E-state index contributed by atoms with van der Waals surface area (Å²) in [6.07, 6.45) is 0.872. The lowest BCUT2D eigenvalue weighted by Crippen LogP contribution is -2.63. The lowest BCUT2D eigenvalue weighted by Gasteiger charge is -2.42. The Hall–Kier alpha value is -7.82. The number of hydrogen-bond donors (Lipinski definition) is 4. The number of fused-ring (bicyclic) bond motifs is 10. The summed E-state index contributed by atoms with van der Waals surface area (Å²) in [5.41, 5.74) is 3.66. The van der Waals surface area contributed by atoms with E-state index >= 15 is 0 Å². The Bertz CT molecular complexity index is 3380. The monoisotopic (exact) mass is 1330 g/mol. The maximum Gasteiger partial charge on any atom is 0.409 e. The molecule has 3 aromatic carbocycles. The number of likely N-dealkylation sites (N-methyl/N-ethyl adjacent to an activating group) is 2. The maximum absolute atomic E-state index is 14.4. The van der Waals surface area contributed by atoms with Crippen LogP contribution in [0.1, 0.15) is 83.8 Å². The number of ether oxygens (including phenoxy) is 9. The van der Waals surface area contributed by atoms with Gasteiger partial charge in [0.25, 0.3) is 0 Å². The predicted octanol–water partition coefficient (Wildman–Crippen LogP) is 6.10. The number of methoxy groups -OCH3 is 2. The third-order valence-electron chi connectivity index (χ3n) is 17.5. The molecule has 1 aromatic heterocycles. The van der Waals surface area contributed by atoms with Crippen molar-refractivity contribution in [1.29, 1.82) is 0 Å². The van der Waals surface area contributed by atoms with E-state index in [0.717, 1.165) is 44.9 Å². The highest BCUT2D eigenvalue weighted by molar-refractivity contribution is 6.35. The molecule has 4 aromatic rings. The smallest absolute Gasteiger partial charge is 0.409 e. The molecule has 0 unspecified atom stereocenters. The van der Waals surface area contributed by atoms with Crippen molar-refractivity contribution in [2.75, 3.05) is 111 Å². The van der Waals surface area contributed by atoms with Crippen LogP contribution in [0.15, 0.2) is 84.5 Å². The minimum absolute atomic E-state index is 0.0447. The zero-order chi connectivity index (χ0) is 67.7. The van der Waals surface area contributed by atoms with Gasteiger partial charge >= 0.3 is 12.1 Å². The fraction of sp³-hybridized carbons (Fsp3) is 0.537. The molecule has 27 heteroatoms. The number of nitrogens with one attached hydrogen (secondary N) is 3. The zero-order valence-electron chi connectivity index (χ0n) is 54.9. The van der Waals surface area contributed by atoms with Gasteiger partial charge in [0.1, 0.15) is 46.4 Å². The molecule has 4 N–H and O–H groups in total. The van der Waals surface area contributed by atoms with E-state index in [-0.39, 0.29) is 94.1 Å². The van der Waals surface area contributed by atoms with Crippen molar-refractivity contribution in [3.63, 3.8) is 0 Å².